The van der Waals surface area contributed by atoms with Crippen LogP contribution in [0.5, 0.6) is 0 Å². The Morgan fingerprint density at radius 2 is 1.27 bits per heavy atom. The molecule has 1 atom stereocenters. The van der Waals surface area contributed by atoms with E-state index in [1.807, 2.05) is 6.92 Å². The number of aliphatic carboxylic acids is 1. The zero-order chi connectivity index (χ0) is 15.8. The molecule has 0 bridgehead atoms. The van der Waals surface area contributed by atoms with Crippen LogP contribution in [0.1, 0.15) is 97.3 Å². The van der Waals surface area contributed by atoms with Crippen molar-refractivity contribution in [2.45, 2.75) is 103 Å². The van der Waals surface area contributed by atoms with Crippen molar-refractivity contribution in [3.63, 3.8) is 0 Å². The van der Waals surface area contributed by atoms with Gasteiger partial charge in [-0.25, -0.2) is 0 Å². The molecule has 0 radical (unpaired) electrons. The Bertz CT molecular complexity index is 237. The standard InChI is InChI=1S/C18H37NO2.Na/c1-3-4-5-6-7-8-9-10-11-12-13-14-15-17(2)19-16-18(20)21;/h17,19H,3-16H2,1-2H3,(H,20,21);/q;+1/p-1. The summed E-state index contributed by atoms with van der Waals surface area (Å²) in [6.45, 7) is 4.28. The topological polar surface area (TPSA) is 52.2 Å². The van der Waals surface area contributed by atoms with Gasteiger partial charge in [-0.15, -0.1) is 0 Å². The summed E-state index contributed by atoms with van der Waals surface area (Å²) in [6, 6.07) is 0.283. The third-order valence-electron chi connectivity index (χ3n) is 4.09. The molecule has 0 aromatic carbocycles. The molecule has 0 aliphatic rings. The van der Waals surface area contributed by atoms with E-state index >= 15 is 0 Å². The number of carboxylic acids is 1. The van der Waals surface area contributed by atoms with E-state index in [1.165, 1.54) is 77.0 Å². The molecule has 1 unspecified atom stereocenters. The van der Waals surface area contributed by atoms with E-state index < -0.39 is 5.97 Å². The third-order valence-corrected chi connectivity index (χ3v) is 4.09. The number of hydrogen-bond acceptors (Lipinski definition) is 3. The van der Waals surface area contributed by atoms with Crippen molar-refractivity contribution in [3.8, 4) is 0 Å². The normalized spacial score (nSPS) is 11.9. The van der Waals surface area contributed by atoms with Gasteiger partial charge >= 0.3 is 29.6 Å². The molecule has 3 nitrogen and oxygen atoms in total. The monoisotopic (exact) mass is 321 g/mol. The number of unbranched alkanes of at least 4 members (excludes halogenated alkanes) is 11. The SMILES string of the molecule is CCCCCCCCCCCCCCC(C)NCC(=O)[O-].[Na+]. The molecule has 4 heteroatoms. The fourth-order valence-corrected chi connectivity index (χ4v) is 2.65. The maximum absolute atomic E-state index is 10.3. The molecule has 1 N–H and O–H groups in total. The van der Waals surface area contributed by atoms with E-state index in [0.717, 1.165) is 6.42 Å². The number of nitrogens with one attached hydrogen (secondary N) is 1. The van der Waals surface area contributed by atoms with Crippen LogP contribution in [0, 0.1) is 0 Å². The van der Waals surface area contributed by atoms with Crippen molar-refractivity contribution < 1.29 is 39.5 Å². The Morgan fingerprint density at radius 1 is 0.864 bits per heavy atom. The van der Waals surface area contributed by atoms with Gasteiger partial charge in [-0.1, -0.05) is 84.0 Å². The Balaban J connectivity index is 0. The van der Waals surface area contributed by atoms with Crippen LogP contribution >= 0.6 is 0 Å². The summed E-state index contributed by atoms with van der Waals surface area (Å²) in [4.78, 5) is 10.3. The van der Waals surface area contributed by atoms with E-state index in [0.29, 0.717) is 0 Å². The molecule has 22 heavy (non-hydrogen) atoms. The van der Waals surface area contributed by atoms with Gasteiger partial charge in [0.1, 0.15) is 0 Å². The van der Waals surface area contributed by atoms with E-state index in [9.17, 15) is 9.90 Å². The molecule has 0 aromatic rings. The van der Waals surface area contributed by atoms with Crippen molar-refractivity contribution in [2.24, 2.45) is 0 Å². The third kappa shape index (κ3) is 20.4. The Morgan fingerprint density at radius 3 is 1.68 bits per heavy atom. The average Bonchev–Trinajstić information content (AvgIpc) is 2.46. The predicted molar refractivity (Wildman–Crippen MR) is 88.2 cm³/mol. The number of rotatable bonds is 16. The first-order valence-corrected chi connectivity index (χ1v) is 9.10. The van der Waals surface area contributed by atoms with E-state index in [1.54, 1.807) is 0 Å². The molecule has 0 saturated carbocycles. The van der Waals surface area contributed by atoms with Gasteiger partial charge in [-0.05, 0) is 13.3 Å². The van der Waals surface area contributed by atoms with Gasteiger partial charge in [0.2, 0.25) is 0 Å². The van der Waals surface area contributed by atoms with Gasteiger partial charge in [0.25, 0.3) is 0 Å². The predicted octanol–water partition coefficient (Wildman–Crippen LogP) is 0.810. The van der Waals surface area contributed by atoms with Crippen molar-refractivity contribution >= 4 is 5.97 Å². The molecule has 0 spiro atoms. The molecular weight excluding hydrogens is 285 g/mol. The summed E-state index contributed by atoms with van der Waals surface area (Å²) >= 11 is 0. The van der Waals surface area contributed by atoms with Crippen LogP contribution in [0.25, 0.3) is 0 Å². The van der Waals surface area contributed by atoms with Crippen LogP contribution in [0.4, 0.5) is 0 Å². The van der Waals surface area contributed by atoms with Crippen LogP contribution in [-0.2, 0) is 4.79 Å². The first kappa shape index (κ1) is 24.7. The molecule has 0 aliphatic heterocycles. The van der Waals surface area contributed by atoms with E-state index in [-0.39, 0.29) is 42.1 Å². The van der Waals surface area contributed by atoms with Crippen molar-refractivity contribution in [3.05, 3.63) is 0 Å². The van der Waals surface area contributed by atoms with Gasteiger partial charge < -0.3 is 15.2 Å². The smallest absolute Gasteiger partial charge is 0.549 e. The zero-order valence-corrected chi connectivity index (χ0v) is 17.3. The first-order valence-electron chi connectivity index (χ1n) is 9.10. The quantitative estimate of drug-likeness (QED) is 0.338. The maximum atomic E-state index is 10.3. The summed E-state index contributed by atoms with van der Waals surface area (Å²) in [5, 5.41) is 13.3. The number of carbonyl (C=O) groups is 1. The van der Waals surface area contributed by atoms with Crippen LogP contribution in [-0.4, -0.2) is 18.6 Å². The Kier molecular flexibility index (Phi) is 21.8. The first-order chi connectivity index (χ1) is 10.2. The molecule has 0 heterocycles. The molecule has 126 valence electrons. The molecule has 0 amide bonds. The van der Waals surface area contributed by atoms with Crippen molar-refractivity contribution in [1.29, 1.82) is 0 Å². The van der Waals surface area contributed by atoms with Gasteiger partial charge in [0.05, 0.1) is 5.97 Å². The molecular formula is C18H36NNaO2. The van der Waals surface area contributed by atoms with Gasteiger partial charge in [0, 0.05) is 12.6 Å². The minimum atomic E-state index is -1.02. The van der Waals surface area contributed by atoms with Crippen molar-refractivity contribution in [2.75, 3.05) is 6.54 Å². The minimum Gasteiger partial charge on any atom is -0.549 e. The van der Waals surface area contributed by atoms with E-state index in [2.05, 4.69) is 12.2 Å². The largest absolute Gasteiger partial charge is 1.00 e. The molecule has 0 saturated heterocycles. The Hall–Kier alpha value is 0.430. The summed E-state index contributed by atoms with van der Waals surface area (Å²) in [7, 11) is 0. The second-order valence-electron chi connectivity index (χ2n) is 6.33. The summed E-state index contributed by atoms with van der Waals surface area (Å²) in [6.07, 6.45) is 17.4. The van der Waals surface area contributed by atoms with Crippen LogP contribution < -0.4 is 40.0 Å². The minimum absolute atomic E-state index is 0. The van der Waals surface area contributed by atoms with Gasteiger partial charge in [-0.3, -0.25) is 0 Å². The van der Waals surface area contributed by atoms with Crippen molar-refractivity contribution in [1.82, 2.24) is 5.32 Å². The zero-order valence-electron chi connectivity index (χ0n) is 15.3. The summed E-state index contributed by atoms with van der Waals surface area (Å²) in [5.74, 6) is -1.02. The molecule has 0 fully saturated rings. The second-order valence-corrected chi connectivity index (χ2v) is 6.33. The van der Waals surface area contributed by atoms with Crippen LogP contribution in [0.3, 0.4) is 0 Å². The van der Waals surface area contributed by atoms with Crippen LogP contribution in [0.2, 0.25) is 0 Å². The maximum Gasteiger partial charge on any atom is 1.00 e. The second kappa shape index (κ2) is 19.5. The number of carboxylic acid groups (broad SMARTS) is 1. The van der Waals surface area contributed by atoms with Gasteiger partial charge in [-0.2, -0.15) is 0 Å². The van der Waals surface area contributed by atoms with Crippen LogP contribution in [0.15, 0.2) is 0 Å². The molecule has 0 aromatic heterocycles. The van der Waals surface area contributed by atoms with E-state index in [4.69, 9.17) is 0 Å². The fourth-order valence-electron chi connectivity index (χ4n) is 2.65. The fraction of sp³-hybridized carbons (Fsp3) is 0.944. The van der Waals surface area contributed by atoms with Gasteiger partial charge in [0.15, 0.2) is 0 Å². The number of hydrogen-bond donors (Lipinski definition) is 1. The summed E-state index contributed by atoms with van der Waals surface area (Å²) < 4.78 is 0. The number of carbonyl (C=O) groups excluding carboxylic acids is 1. The average molecular weight is 321 g/mol. The Labute approximate surface area is 160 Å². The molecule has 0 rings (SSSR count). The summed E-state index contributed by atoms with van der Waals surface area (Å²) in [5.41, 5.74) is 0. The molecule has 0 aliphatic carbocycles.